The zero-order valence-corrected chi connectivity index (χ0v) is 16.3. The average Bonchev–Trinajstić information content (AvgIpc) is 2.75. The molecule has 134 valence electrons. The van der Waals surface area contributed by atoms with Crippen LogP contribution in [0.3, 0.4) is 0 Å². The summed E-state index contributed by atoms with van der Waals surface area (Å²) in [6.07, 6.45) is 10.1. The van der Waals surface area contributed by atoms with Crippen LogP contribution in [0.1, 0.15) is 58.9 Å². The molecular formula is C19H26BNO3S. The second-order valence-corrected chi connectivity index (χ2v) is 10.3. The van der Waals surface area contributed by atoms with Crippen molar-refractivity contribution in [2.24, 2.45) is 0 Å². The van der Waals surface area contributed by atoms with E-state index in [2.05, 4.69) is 44.8 Å². The van der Waals surface area contributed by atoms with Crippen LogP contribution in [-0.2, 0) is 20.1 Å². The van der Waals surface area contributed by atoms with E-state index in [9.17, 15) is 4.21 Å². The SMILES string of the molecule is CC1(C)OB(c2cncc(C3=CC4CCCC(C3)S4=O)c2)OC1(C)C. The number of hydrogen-bond donors (Lipinski definition) is 0. The third-order valence-electron chi connectivity index (χ3n) is 6.13. The fourth-order valence-corrected chi connectivity index (χ4v) is 5.79. The van der Waals surface area contributed by atoms with Crippen molar-refractivity contribution in [3.63, 3.8) is 0 Å². The topological polar surface area (TPSA) is 48.4 Å². The molecule has 0 N–H and O–H groups in total. The first-order valence-electron chi connectivity index (χ1n) is 9.18. The van der Waals surface area contributed by atoms with E-state index in [0.717, 1.165) is 30.3 Å². The Labute approximate surface area is 153 Å². The molecule has 3 aliphatic heterocycles. The van der Waals surface area contributed by atoms with Crippen molar-refractivity contribution in [2.45, 2.75) is 75.1 Å². The maximum atomic E-state index is 12.4. The Kier molecular flexibility index (Phi) is 4.21. The zero-order chi connectivity index (χ0) is 17.8. The lowest BCUT2D eigenvalue weighted by atomic mass is 9.79. The van der Waals surface area contributed by atoms with Crippen LogP contribution >= 0.6 is 0 Å². The molecule has 3 unspecified atom stereocenters. The highest BCUT2D eigenvalue weighted by atomic mass is 32.2. The van der Waals surface area contributed by atoms with Gasteiger partial charge in [0.1, 0.15) is 0 Å². The molecule has 0 radical (unpaired) electrons. The van der Waals surface area contributed by atoms with Gasteiger partial charge in [-0.25, -0.2) is 0 Å². The predicted octanol–water partition coefficient (Wildman–Crippen LogP) is 2.84. The monoisotopic (exact) mass is 359 g/mol. The summed E-state index contributed by atoms with van der Waals surface area (Å²) >= 11 is 0. The molecule has 1 aromatic rings. The van der Waals surface area contributed by atoms with E-state index >= 15 is 0 Å². The third-order valence-corrected chi connectivity index (χ3v) is 8.16. The molecule has 0 saturated carbocycles. The highest BCUT2D eigenvalue weighted by Crippen LogP contribution is 2.38. The van der Waals surface area contributed by atoms with E-state index < -0.39 is 17.9 Å². The van der Waals surface area contributed by atoms with Crippen LogP contribution in [0.5, 0.6) is 0 Å². The molecular weight excluding hydrogens is 333 g/mol. The minimum atomic E-state index is -0.705. The molecule has 1 aromatic heterocycles. The fourth-order valence-electron chi connectivity index (χ4n) is 3.85. The summed E-state index contributed by atoms with van der Waals surface area (Å²) < 4.78 is 24.7. The Morgan fingerprint density at radius 3 is 2.56 bits per heavy atom. The Morgan fingerprint density at radius 2 is 1.88 bits per heavy atom. The highest BCUT2D eigenvalue weighted by Gasteiger charge is 2.51. The molecule has 2 saturated heterocycles. The smallest absolute Gasteiger partial charge is 0.399 e. The molecule has 4 nitrogen and oxygen atoms in total. The Bertz CT molecular complexity index is 730. The van der Waals surface area contributed by atoms with Gasteiger partial charge in [0.15, 0.2) is 0 Å². The summed E-state index contributed by atoms with van der Waals surface area (Å²) in [4.78, 5) is 4.44. The van der Waals surface area contributed by atoms with Gasteiger partial charge in [0, 0.05) is 33.9 Å². The van der Waals surface area contributed by atoms with Crippen LogP contribution in [0.2, 0.25) is 0 Å². The van der Waals surface area contributed by atoms with Crippen molar-refractivity contribution in [1.29, 1.82) is 0 Å². The lowest BCUT2D eigenvalue weighted by Crippen LogP contribution is -2.41. The summed E-state index contributed by atoms with van der Waals surface area (Å²) in [5.41, 5.74) is 2.63. The average molecular weight is 359 g/mol. The summed E-state index contributed by atoms with van der Waals surface area (Å²) in [6, 6.07) is 2.13. The first-order chi connectivity index (χ1) is 11.8. The first kappa shape index (κ1) is 17.4. The van der Waals surface area contributed by atoms with Crippen molar-refractivity contribution < 1.29 is 13.5 Å². The number of fused-ring (bicyclic) bond motifs is 2. The first-order valence-corrected chi connectivity index (χ1v) is 10.5. The van der Waals surface area contributed by atoms with Gasteiger partial charge in [-0.2, -0.15) is 0 Å². The number of aromatic nitrogens is 1. The summed E-state index contributed by atoms with van der Waals surface area (Å²) in [7, 11) is -1.10. The number of pyridine rings is 1. The van der Waals surface area contributed by atoms with Crippen LogP contribution in [0.25, 0.3) is 5.57 Å². The Balaban J connectivity index is 1.62. The number of nitrogens with zero attached hydrogens (tertiary/aromatic N) is 1. The van der Waals surface area contributed by atoms with Gasteiger partial charge in [0.05, 0.1) is 16.5 Å². The van der Waals surface area contributed by atoms with Gasteiger partial charge in [-0.15, -0.1) is 0 Å². The molecule has 2 fully saturated rings. The Hall–Kier alpha value is -0.975. The van der Waals surface area contributed by atoms with E-state index in [1.165, 1.54) is 12.0 Å². The Morgan fingerprint density at radius 1 is 1.16 bits per heavy atom. The van der Waals surface area contributed by atoms with Crippen molar-refractivity contribution in [3.05, 3.63) is 30.1 Å². The molecule has 0 amide bonds. The maximum Gasteiger partial charge on any atom is 0.496 e. The van der Waals surface area contributed by atoms with E-state index in [4.69, 9.17) is 9.31 Å². The van der Waals surface area contributed by atoms with Crippen LogP contribution < -0.4 is 5.46 Å². The van der Waals surface area contributed by atoms with E-state index in [1.807, 2.05) is 12.4 Å². The van der Waals surface area contributed by atoms with Crippen LogP contribution in [-0.4, -0.2) is 38.0 Å². The van der Waals surface area contributed by atoms with Gasteiger partial charge in [-0.1, -0.05) is 18.6 Å². The molecule has 3 atom stereocenters. The number of rotatable bonds is 2. The quantitative estimate of drug-likeness (QED) is 0.762. The maximum absolute atomic E-state index is 12.4. The van der Waals surface area contributed by atoms with E-state index in [1.54, 1.807) is 0 Å². The molecule has 0 spiro atoms. The molecule has 0 aromatic carbocycles. The van der Waals surface area contributed by atoms with Crippen LogP contribution in [0, 0.1) is 0 Å². The lowest BCUT2D eigenvalue weighted by Gasteiger charge is -2.32. The third kappa shape index (κ3) is 3.02. The zero-order valence-electron chi connectivity index (χ0n) is 15.5. The summed E-state index contributed by atoms with van der Waals surface area (Å²) in [5, 5.41) is 0.516. The van der Waals surface area contributed by atoms with E-state index in [-0.39, 0.29) is 16.5 Å². The molecule has 0 aliphatic carbocycles. The van der Waals surface area contributed by atoms with Crippen molar-refractivity contribution in [1.82, 2.24) is 4.98 Å². The minimum absolute atomic E-state index is 0.211. The van der Waals surface area contributed by atoms with Gasteiger partial charge in [-0.05, 0) is 58.1 Å². The molecule has 25 heavy (non-hydrogen) atoms. The standard InChI is InChI=1S/C19H26BNO3S/c1-18(2)19(3,4)24-20(23-18)15-8-14(11-21-12-15)13-9-16-6-5-7-17(10-13)25(16)22/h8-9,11-12,16-17H,5-7,10H2,1-4H3. The molecule has 6 heteroatoms. The molecule has 4 rings (SSSR count). The molecule has 4 heterocycles. The molecule has 2 bridgehead atoms. The second-order valence-electron chi connectivity index (χ2n) is 8.41. The van der Waals surface area contributed by atoms with Gasteiger partial charge < -0.3 is 9.31 Å². The van der Waals surface area contributed by atoms with Gasteiger partial charge in [0.2, 0.25) is 0 Å². The normalized spacial score (nSPS) is 33.2. The van der Waals surface area contributed by atoms with Gasteiger partial charge in [0.25, 0.3) is 0 Å². The second kappa shape index (κ2) is 6.03. The molecule has 3 aliphatic rings. The fraction of sp³-hybridized carbons (Fsp3) is 0.632. The highest BCUT2D eigenvalue weighted by molar-refractivity contribution is 7.86. The van der Waals surface area contributed by atoms with Gasteiger partial charge >= 0.3 is 7.12 Å². The minimum Gasteiger partial charge on any atom is -0.399 e. The number of allylic oxidation sites excluding steroid dienone is 1. The van der Waals surface area contributed by atoms with Crippen LogP contribution in [0.15, 0.2) is 24.5 Å². The summed E-state index contributed by atoms with van der Waals surface area (Å²) in [6.45, 7) is 8.24. The predicted molar refractivity (Wildman–Crippen MR) is 102 cm³/mol. The largest absolute Gasteiger partial charge is 0.496 e. The van der Waals surface area contributed by atoms with Gasteiger partial charge in [-0.3, -0.25) is 9.19 Å². The number of hydrogen-bond acceptors (Lipinski definition) is 4. The van der Waals surface area contributed by atoms with Crippen molar-refractivity contribution in [2.75, 3.05) is 0 Å². The summed E-state index contributed by atoms with van der Waals surface area (Å²) in [5.74, 6) is 0. The van der Waals surface area contributed by atoms with Crippen molar-refractivity contribution in [3.8, 4) is 0 Å². The van der Waals surface area contributed by atoms with Crippen molar-refractivity contribution >= 4 is 29.0 Å². The van der Waals surface area contributed by atoms with E-state index in [0.29, 0.717) is 5.25 Å². The lowest BCUT2D eigenvalue weighted by molar-refractivity contribution is 0.00578. The van der Waals surface area contributed by atoms with Crippen LogP contribution in [0.4, 0.5) is 0 Å².